The second-order valence-electron chi connectivity index (χ2n) is 13.0. The maximum atomic E-state index is 4.77. The fourth-order valence-corrected chi connectivity index (χ4v) is 7.23. The molecule has 1 atom stereocenters. The van der Waals surface area contributed by atoms with Crippen LogP contribution < -0.4 is 5.32 Å². The smallest absolute Gasteiger partial charge is 0.675 e. The summed E-state index contributed by atoms with van der Waals surface area (Å²) < 4.78 is 2.60. The van der Waals surface area contributed by atoms with Gasteiger partial charge in [-0.1, -0.05) is 125 Å². The fourth-order valence-electron chi connectivity index (χ4n) is 5.90. The summed E-state index contributed by atoms with van der Waals surface area (Å²) in [4.78, 5) is 4.77. The Morgan fingerprint density at radius 2 is 1.65 bits per heavy atom. The van der Waals surface area contributed by atoms with Crippen LogP contribution in [-0.4, -0.2) is 11.1 Å². The molecule has 1 unspecified atom stereocenters. The summed E-state index contributed by atoms with van der Waals surface area (Å²) in [6.07, 6.45) is 11.8. The molecule has 0 bridgehead atoms. The van der Waals surface area contributed by atoms with E-state index in [4.69, 9.17) is 4.98 Å². The van der Waals surface area contributed by atoms with Crippen molar-refractivity contribution in [2.45, 2.75) is 53.6 Å². The molecule has 7 rings (SSSR count). The Balaban J connectivity index is 0.000000220. The van der Waals surface area contributed by atoms with Gasteiger partial charge in [0.2, 0.25) is 0 Å². The molecule has 1 N–H and O–H groups in total. The van der Waals surface area contributed by atoms with Crippen molar-refractivity contribution in [1.29, 1.82) is 0 Å². The number of benzene rings is 4. The zero-order valence-corrected chi connectivity index (χ0v) is 30.3. The summed E-state index contributed by atoms with van der Waals surface area (Å²) in [5, 5.41) is 12.8. The van der Waals surface area contributed by atoms with Crippen molar-refractivity contribution in [2.24, 2.45) is 5.41 Å². The quantitative estimate of drug-likeness (QED) is 0.171. The molecule has 1 aliphatic rings. The summed E-state index contributed by atoms with van der Waals surface area (Å²) in [5.41, 5.74) is 7.53. The van der Waals surface area contributed by atoms with Crippen molar-refractivity contribution in [3.63, 3.8) is 0 Å². The van der Waals surface area contributed by atoms with Crippen LogP contribution in [0.5, 0.6) is 0 Å². The molecule has 0 radical (unpaired) electrons. The first-order chi connectivity index (χ1) is 21.7. The van der Waals surface area contributed by atoms with E-state index in [2.05, 4.69) is 124 Å². The minimum Gasteiger partial charge on any atom is -0.675 e. The molecule has 3 nitrogen and oxygen atoms in total. The number of hydrogen-bond donors (Lipinski definition) is 1. The van der Waals surface area contributed by atoms with Gasteiger partial charge >= 0.3 is 20.1 Å². The number of nitrogens with one attached hydrogen (secondary N) is 1. The second-order valence-corrected chi connectivity index (χ2v) is 14.0. The zero-order valence-electron chi connectivity index (χ0n) is 27.1. The second kappa shape index (κ2) is 14.9. The Hall–Kier alpha value is -3.60. The summed E-state index contributed by atoms with van der Waals surface area (Å²) in [5.74, 6) is 0. The first-order valence-electron chi connectivity index (χ1n) is 15.6. The molecular weight excluding hydrogens is 759 g/mol. The Labute approximate surface area is 291 Å². The Morgan fingerprint density at radius 1 is 0.870 bits per heavy atom. The molecule has 0 aliphatic carbocycles. The van der Waals surface area contributed by atoms with Crippen molar-refractivity contribution in [3.8, 4) is 11.3 Å². The number of nitrogens with zero attached hydrogens (tertiary/aromatic N) is 2. The van der Waals surface area contributed by atoms with Gasteiger partial charge in [0.15, 0.2) is 0 Å². The molecule has 46 heavy (non-hydrogen) atoms. The monoisotopic (exact) mass is 799 g/mol. The fraction of sp³-hybridized carbons (Fsp3) is 0.220. The van der Waals surface area contributed by atoms with E-state index in [1.807, 2.05) is 54.6 Å². The van der Waals surface area contributed by atoms with Gasteiger partial charge in [0.1, 0.15) is 0 Å². The minimum absolute atomic E-state index is 0. The van der Waals surface area contributed by atoms with Crippen LogP contribution in [0.3, 0.4) is 0 Å². The third-order valence-electron chi connectivity index (χ3n) is 7.78. The standard InChI is InChI=1S/C28H26NS.C13H14N2.Ir/c1-17-12-18(2)14-21(13-17)25-27-24(10-11-29-25)23-9-7-20-15-19(16-28(3,4)5)6-8-22(20)26(23)30-27;1-2-6-12(7-3-1)9-11-15-13-8-4-5-10-14-13;/h6-13,15H,16H2,1-5H3;1-8,10-11,13,15H,9H2;/q-1;-2;+3. The average Bonchev–Trinajstić information content (AvgIpc) is 3.40. The van der Waals surface area contributed by atoms with Gasteiger partial charge in [-0.2, -0.15) is 6.20 Å². The van der Waals surface area contributed by atoms with Crippen LogP contribution in [0.4, 0.5) is 0 Å². The number of hydrogen-bond acceptors (Lipinski definition) is 3. The average molecular weight is 799 g/mol. The zero-order chi connectivity index (χ0) is 31.4. The Bertz CT molecular complexity index is 1980. The van der Waals surface area contributed by atoms with Crippen LogP contribution in [0, 0.1) is 31.9 Å². The first kappa shape index (κ1) is 33.8. The maximum Gasteiger partial charge on any atom is 3.00 e. The van der Waals surface area contributed by atoms with Gasteiger partial charge in [-0.15, -0.1) is 52.6 Å². The number of allylic oxidation sites excluding steroid dienone is 2. The number of aryl methyl sites for hydroxylation is 2. The van der Waals surface area contributed by atoms with Crippen molar-refractivity contribution in [3.05, 3.63) is 150 Å². The minimum atomic E-state index is 0. The van der Waals surface area contributed by atoms with E-state index in [-0.39, 0.29) is 26.3 Å². The van der Waals surface area contributed by atoms with Crippen molar-refractivity contribution < 1.29 is 20.1 Å². The van der Waals surface area contributed by atoms with Crippen molar-refractivity contribution in [2.75, 3.05) is 0 Å². The predicted octanol–water partition coefficient (Wildman–Crippen LogP) is 11.0. The van der Waals surface area contributed by atoms with Gasteiger partial charge in [0.25, 0.3) is 0 Å². The SMILES string of the molecule is C1=C[N-]C(N[CH-]Cc2ccccc2)C=C1.Cc1[c-]c(-c2nccc3c2sc2c4ccc(CC(C)(C)C)cc4ccc32)cc(C)c1.[Ir+3]. The third kappa shape index (κ3) is 8.21. The van der Waals surface area contributed by atoms with E-state index < -0.39 is 0 Å². The van der Waals surface area contributed by atoms with Gasteiger partial charge in [0, 0.05) is 26.7 Å². The van der Waals surface area contributed by atoms with Crippen LogP contribution >= 0.6 is 11.3 Å². The molecule has 4 aromatic carbocycles. The van der Waals surface area contributed by atoms with Gasteiger partial charge in [-0.25, -0.2) is 0 Å². The molecular formula is C41H40IrN3S. The maximum absolute atomic E-state index is 4.77. The molecule has 2 aromatic heterocycles. The van der Waals surface area contributed by atoms with E-state index in [1.54, 1.807) is 0 Å². The first-order valence-corrected chi connectivity index (χ1v) is 16.4. The van der Waals surface area contributed by atoms with Crippen LogP contribution in [-0.2, 0) is 32.9 Å². The molecule has 234 valence electrons. The Kier molecular flexibility index (Phi) is 10.9. The van der Waals surface area contributed by atoms with E-state index in [9.17, 15) is 0 Å². The molecule has 0 amide bonds. The molecule has 5 heteroatoms. The topological polar surface area (TPSA) is 39.0 Å². The van der Waals surface area contributed by atoms with Crippen LogP contribution in [0.15, 0.2) is 109 Å². The van der Waals surface area contributed by atoms with Crippen molar-refractivity contribution in [1.82, 2.24) is 10.3 Å². The molecule has 1 aliphatic heterocycles. The summed E-state index contributed by atoms with van der Waals surface area (Å²) >= 11 is 1.86. The third-order valence-corrected chi connectivity index (χ3v) is 9.04. The van der Waals surface area contributed by atoms with Gasteiger partial charge in [-0.3, -0.25) is 6.54 Å². The summed E-state index contributed by atoms with van der Waals surface area (Å²) in [6, 6.07) is 31.9. The normalized spacial score (nSPS) is 14.2. The largest absolute Gasteiger partial charge is 3.00 e. The van der Waals surface area contributed by atoms with Gasteiger partial charge in [-0.05, 0) is 39.6 Å². The number of pyridine rings is 1. The molecule has 0 saturated heterocycles. The molecule has 0 fully saturated rings. The number of aromatic nitrogens is 1. The van der Waals surface area contributed by atoms with Gasteiger partial charge < -0.3 is 15.6 Å². The molecule has 3 heterocycles. The van der Waals surface area contributed by atoms with E-state index in [0.29, 0.717) is 5.41 Å². The van der Waals surface area contributed by atoms with E-state index in [0.717, 1.165) is 29.7 Å². The Morgan fingerprint density at radius 3 is 2.39 bits per heavy atom. The molecule has 0 spiro atoms. The van der Waals surface area contributed by atoms with Gasteiger partial charge in [0.05, 0.1) is 0 Å². The molecule has 0 saturated carbocycles. The van der Waals surface area contributed by atoms with Crippen LogP contribution in [0.25, 0.3) is 47.5 Å². The number of fused-ring (bicyclic) bond motifs is 5. The van der Waals surface area contributed by atoms with Crippen LogP contribution in [0.2, 0.25) is 0 Å². The summed E-state index contributed by atoms with van der Waals surface area (Å²) in [7, 11) is 0. The van der Waals surface area contributed by atoms with Crippen molar-refractivity contribution >= 4 is 42.3 Å². The van der Waals surface area contributed by atoms with Crippen LogP contribution in [0.1, 0.15) is 43.0 Å². The van der Waals surface area contributed by atoms with E-state index >= 15 is 0 Å². The summed E-state index contributed by atoms with van der Waals surface area (Å²) in [6.45, 7) is 13.2. The molecule has 6 aromatic rings. The predicted molar refractivity (Wildman–Crippen MR) is 195 cm³/mol. The number of thiophene rings is 1. The number of rotatable bonds is 6. The van der Waals surface area contributed by atoms with E-state index in [1.165, 1.54) is 47.6 Å².